The molecule has 0 spiro atoms. The van der Waals surface area contributed by atoms with E-state index in [4.69, 9.17) is 9.47 Å². The molecule has 0 N–H and O–H groups in total. The summed E-state index contributed by atoms with van der Waals surface area (Å²) < 4.78 is 25.8. The summed E-state index contributed by atoms with van der Waals surface area (Å²) in [6.45, 7) is 3.83. The molecule has 0 amide bonds. The Labute approximate surface area is 139 Å². The number of fused-ring (bicyclic) bond motifs is 1. The zero-order valence-corrected chi connectivity index (χ0v) is 13.8. The highest BCUT2D eigenvalue weighted by Gasteiger charge is 2.18. The van der Waals surface area contributed by atoms with Crippen molar-refractivity contribution in [2.45, 2.75) is 20.4 Å². The van der Waals surface area contributed by atoms with Crippen molar-refractivity contribution >= 4 is 16.9 Å². The molecule has 2 aromatic carbocycles. The van der Waals surface area contributed by atoms with Crippen molar-refractivity contribution < 1.29 is 18.7 Å². The molecule has 0 saturated heterocycles. The minimum atomic E-state index is -0.373. The second-order valence-corrected chi connectivity index (χ2v) is 5.60. The number of halogens is 1. The molecule has 1 aromatic heterocycles. The van der Waals surface area contributed by atoms with E-state index in [0.717, 1.165) is 22.2 Å². The van der Waals surface area contributed by atoms with Crippen molar-refractivity contribution in [1.29, 1.82) is 0 Å². The third kappa shape index (κ3) is 2.97. The molecular weight excluding hydrogens is 309 g/mol. The Morgan fingerprint density at radius 1 is 1.17 bits per heavy atom. The first kappa shape index (κ1) is 16.1. The van der Waals surface area contributed by atoms with Gasteiger partial charge < -0.3 is 14.0 Å². The molecule has 3 rings (SSSR count). The molecule has 3 aromatic rings. The lowest BCUT2D eigenvalue weighted by Gasteiger charge is -2.09. The summed E-state index contributed by atoms with van der Waals surface area (Å²) in [7, 11) is 1.59. The van der Waals surface area contributed by atoms with E-state index in [9.17, 15) is 9.18 Å². The first-order valence-corrected chi connectivity index (χ1v) is 7.59. The number of carbonyl (C=O) groups is 1. The van der Waals surface area contributed by atoms with Gasteiger partial charge in [-0.15, -0.1) is 0 Å². The van der Waals surface area contributed by atoms with Crippen LogP contribution in [0.1, 0.15) is 18.2 Å². The zero-order valence-electron chi connectivity index (χ0n) is 13.8. The highest BCUT2D eigenvalue weighted by molar-refractivity contribution is 5.92. The molecule has 4 nitrogen and oxygen atoms in total. The Balaban J connectivity index is 2.14. The van der Waals surface area contributed by atoms with Gasteiger partial charge in [-0.2, -0.15) is 0 Å². The molecule has 124 valence electrons. The van der Waals surface area contributed by atoms with Crippen LogP contribution in [0.4, 0.5) is 4.39 Å². The average molecular weight is 327 g/mol. The van der Waals surface area contributed by atoms with E-state index in [0.29, 0.717) is 18.0 Å². The van der Waals surface area contributed by atoms with E-state index < -0.39 is 0 Å². The number of aromatic nitrogens is 1. The number of benzene rings is 2. The van der Waals surface area contributed by atoms with Gasteiger partial charge in [0.15, 0.2) is 5.75 Å². The topological polar surface area (TPSA) is 40.5 Å². The number of carbonyl (C=O) groups excluding carboxylic acids is 1. The van der Waals surface area contributed by atoms with E-state index >= 15 is 0 Å². The van der Waals surface area contributed by atoms with Crippen molar-refractivity contribution in [2.75, 3.05) is 7.11 Å². The van der Waals surface area contributed by atoms with Crippen LogP contribution in [0.2, 0.25) is 0 Å². The second kappa shape index (κ2) is 6.35. The minimum absolute atomic E-state index is 0.266. The molecule has 0 aliphatic heterocycles. The minimum Gasteiger partial charge on any atom is -0.497 e. The number of nitrogens with zero attached hydrogens (tertiary/aromatic N) is 1. The summed E-state index contributed by atoms with van der Waals surface area (Å²) in [6.07, 6.45) is 0. The van der Waals surface area contributed by atoms with Crippen LogP contribution in [0, 0.1) is 12.7 Å². The van der Waals surface area contributed by atoms with Crippen molar-refractivity contribution in [3.8, 4) is 11.5 Å². The fraction of sp³-hybridized carbons (Fsp3) is 0.211. The number of esters is 1. The van der Waals surface area contributed by atoms with Gasteiger partial charge in [-0.05, 0) is 42.8 Å². The maximum atomic E-state index is 13.1. The number of ether oxygens (including phenoxy) is 2. The lowest BCUT2D eigenvalue weighted by molar-refractivity contribution is -0.131. The van der Waals surface area contributed by atoms with Gasteiger partial charge in [-0.1, -0.05) is 12.1 Å². The zero-order chi connectivity index (χ0) is 17.3. The second-order valence-electron chi connectivity index (χ2n) is 5.60. The van der Waals surface area contributed by atoms with Crippen LogP contribution in [-0.2, 0) is 11.3 Å². The van der Waals surface area contributed by atoms with Gasteiger partial charge in [0, 0.05) is 18.9 Å². The summed E-state index contributed by atoms with van der Waals surface area (Å²) in [5.41, 5.74) is 2.72. The van der Waals surface area contributed by atoms with Crippen LogP contribution < -0.4 is 9.47 Å². The predicted molar refractivity (Wildman–Crippen MR) is 90.0 cm³/mol. The molecule has 1 heterocycles. The number of hydrogen-bond acceptors (Lipinski definition) is 3. The van der Waals surface area contributed by atoms with Crippen LogP contribution in [0.3, 0.4) is 0 Å². The third-order valence-corrected chi connectivity index (χ3v) is 3.97. The van der Waals surface area contributed by atoms with E-state index in [-0.39, 0.29) is 11.8 Å². The van der Waals surface area contributed by atoms with Gasteiger partial charge in [-0.25, -0.2) is 4.39 Å². The summed E-state index contributed by atoms with van der Waals surface area (Å²) in [5, 5.41) is 0.809. The van der Waals surface area contributed by atoms with Gasteiger partial charge in [0.25, 0.3) is 0 Å². The van der Waals surface area contributed by atoms with Crippen molar-refractivity contribution in [2.24, 2.45) is 0 Å². The molecular formula is C19H18FNO3. The molecule has 0 radical (unpaired) electrons. The number of methoxy groups -OCH3 is 1. The van der Waals surface area contributed by atoms with Crippen LogP contribution >= 0.6 is 0 Å². The highest BCUT2D eigenvalue weighted by Crippen LogP contribution is 2.35. The van der Waals surface area contributed by atoms with Crippen molar-refractivity contribution in [3.63, 3.8) is 0 Å². The maximum Gasteiger partial charge on any atom is 0.308 e. The predicted octanol–water partition coefficient (Wildman–Crippen LogP) is 4.07. The standard InChI is InChI=1S/C19H18FNO3/c1-12-19(24-13(2)22)17-10-16(23-3)8-9-18(17)21(12)11-14-4-6-15(20)7-5-14/h4-10H,11H2,1-3H3. The molecule has 24 heavy (non-hydrogen) atoms. The number of rotatable bonds is 4. The van der Waals surface area contributed by atoms with Gasteiger partial charge in [0.1, 0.15) is 11.6 Å². The fourth-order valence-electron chi connectivity index (χ4n) is 2.81. The summed E-state index contributed by atoms with van der Waals surface area (Å²) in [5.74, 6) is 0.577. The highest BCUT2D eigenvalue weighted by atomic mass is 19.1. The first-order valence-electron chi connectivity index (χ1n) is 7.59. The SMILES string of the molecule is COc1ccc2c(c1)c(OC(C)=O)c(C)n2Cc1ccc(F)cc1. The smallest absolute Gasteiger partial charge is 0.308 e. The Hall–Kier alpha value is -2.82. The number of hydrogen-bond donors (Lipinski definition) is 0. The van der Waals surface area contributed by atoms with Gasteiger partial charge in [-0.3, -0.25) is 4.79 Å². The monoisotopic (exact) mass is 327 g/mol. The molecule has 0 unspecified atom stereocenters. The van der Waals surface area contributed by atoms with E-state index in [2.05, 4.69) is 0 Å². The lowest BCUT2D eigenvalue weighted by atomic mass is 10.2. The van der Waals surface area contributed by atoms with E-state index in [1.165, 1.54) is 19.1 Å². The Morgan fingerprint density at radius 2 is 1.88 bits per heavy atom. The molecule has 0 aliphatic carbocycles. The third-order valence-electron chi connectivity index (χ3n) is 3.97. The molecule has 0 fully saturated rings. The molecule has 0 aliphatic rings. The lowest BCUT2D eigenvalue weighted by Crippen LogP contribution is -2.05. The van der Waals surface area contributed by atoms with Gasteiger partial charge in [0.05, 0.1) is 18.3 Å². The van der Waals surface area contributed by atoms with Crippen LogP contribution in [0.15, 0.2) is 42.5 Å². The van der Waals surface area contributed by atoms with E-state index in [1.807, 2.05) is 29.7 Å². The first-order chi connectivity index (χ1) is 11.5. The Bertz CT molecular complexity index is 897. The van der Waals surface area contributed by atoms with Crippen LogP contribution in [0.25, 0.3) is 10.9 Å². The Morgan fingerprint density at radius 3 is 2.50 bits per heavy atom. The summed E-state index contributed by atoms with van der Waals surface area (Å²) in [6, 6.07) is 12.0. The largest absolute Gasteiger partial charge is 0.497 e. The maximum absolute atomic E-state index is 13.1. The summed E-state index contributed by atoms with van der Waals surface area (Å²) in [4.78, 5) is 11.5. The molecule has 0 atom stereocenters. The van der Waals surface area contributed by atoms with E-state index in [1.54, 1.807) is 19.2 Å². The van der Waals surface area contributed by atoms with Crippen molar-refractivity contribution in [1.82, 2.24) is 4.57 Å². The molecule has 0 bridgehead atoms. The fourth-order valence-corrected chi connectivity index (χ4v) is 2.81. The summed E-state index contributed by atoms with van der Waals surface area (Å²) >= 11 is 0. The van der Waals surface area contributed by atoms with Crippen LogP contribution in [-0.4, -0.2) is 17.6 Å². The quantitative estimate of drug-likeness (QED) is 0.678. The molecule has 5 heteroatoms. The Kier molecular flexibility index (Phi) is 4.25. The average Bonchev–Trinajstić information content (AvgIpc) is 2.81. The normalized spacial score (nSPS) is 10.8. The molecule has 0 saturated carbocycles. The van der Waals surface area contributed by atoms with Crippen LogP contribution in [0.5, 0.6) is 11.5 Å². The van der Waals surface area contributed by atoms with Crippen molar-refractivity contribution in [3.05, 3.63) is 59.5 Å². The van der Waals surface area contributed by atoms with Gasteiger partial charge in [0.2, 0.25) is 0 Å². The van der Waals surface area contributed by atoms with Gasteiger partial charge >= 0.3 is 5.97 Å².